The van der Waals surface area contributed by atoms with Crippen LogP contribution in [0.2, 0.25) is 0 Å². The molecule has 1 rings (SSSR count). The van der Waals surface area contributed by atoms with Gasteiger partial charge in [-0.3, -0.25) is 5.01 Å². The van der Waals surface area contributed by atoms with Crippen molar-refractivity contribution in [2.24, 2.45) is 5.10 Å². The molecule has 0 radical (unpaired) electrons. The van der Waals surface area contributed by atoms with Crippen molar-refractivity contribution in [3.05, 3.63) is 0 Å². The molecule has 0 spiro atoms. The van der Waals surface area contributed by atoms with Crippen LogP contribution >= 0.6 is 22.6 Å². The van der Waals surface area contributed by atoms with Crippen molar-refractivity contribution >= 4 is 26.4 Å². The Labute approximate surface area is 68.8 Å². The number of nitrogens with zero attached hydrogens (tertiary/aromatic N) is 3. The normalized spacial score (nSPS) is 18.8. The average molecular weight is 239 g/mol. The molecular weight excluding hydrogens is 229 g/mol. The molecule has 52 valence electrons. The van der Waals surface area contributed by atoms with Gasteiger partial charge in [0.05, 0.1) is 0 Å². The maximum atomic E-state index is 4.25. The first-order chi connectivity index (χ1) is 4.24. The molecule has 0 saturated carbocycles. The summed E-state index contributed by atoms with van der Waals surface area (Å²) in [4.78, 5) is 2.12. The first-order valence-electron chi connectivity index (χ1n) is 2.94. The van der Waals surface area contributed by atoms with Crippen molar-refractivity contribution < 1.29 is 0 Å². The van der Waals surface area contributed by atoms with Crippen LogP contribution in [-0.4, -0.2) is 34.0 Å². The summed E-state index contributed by atoms with van der Waals surface area (Å²) in [6.45, 7) is 4.04. The predicted octanol–water partition coefficient (Wildman–Crippen LogP) is 0.917. The third-order valence-electron chi connectivity index (χ3n) is 1.28. The second kappa shape index (κ2) is 2.72. The summed E-state index contributed by atoms with van der Waals surface area (Å²) in [5.41, 5.74) is 0. The number of hydrogen-bond donors (Lipinski definition) is 0. The molecule has 0 N–H and O–H groups in total. The van der Waals surface area contributed by atoms with Gasteiger partial charge in [0.15, 0.2) is 3.84 Å². The summed E-state index contributed by atoms with van der Waals surface area (Å²) in [6, 6.07) is 0. The highest BCUT2D eigenvalue weighted by Gasteiger charge is 2.14. The molecule has 4 heteroatoms. The van der Waals surface area contributed by atoms with E-state index in [0.29, 0.717) is 0 Å². The Hall–Kier alpha value is -0.0000000000000000555. The molecule has 9 heavy (non-hydrogen) atoms. The molecule has 0 unspecified atom stereocenters. The average Bonchev–Trinajstić information content (AvgIpc) is 2.13. The van der Waals surface area contributed by atoms with Crippen LogP contribution in [0.3, 0.4) is 0 Å². The smallest absolute Gasteiger partial charge is 0.187 e. The summed E-state index contributed by atoms with van der Waals surface area (Å²) in [6.07, 6.45) is 0. The van der Waals surface area contributed by atoms with Gasteiger partial charge in [-0.1, -0.05) is 0 Å². The molecule has 1 aliphatic heterocycles. The molecule has 0 fully saturated rings. The minimum atomic E-state index is 0.939. The molecule has 0 bridgehead atoms. The topological polar surface area (TPSA) is 18.8 Å². The highest BCUT2D eigenvalue weighted by molar-refractivity contribution is 14.1. The molecule has 0 aromatic heterocycles. The highest BCUT2D eigenvalue weighted by atomic mass is 127. The van der Waals surface area contributed by atoms with Gasteiger partial charge in [0, 0.05) is 36.2 Å². The largest absolute Gasteiger partial charge is 0.334 e. The number of halogens is 1. The van der Waals surface area contributed by atoms with Crippen LogP contribution in [0.15, 0.2) is 5.10 Å². The van der Waals surface area contributed by atoms with Gasteiger partial charge in [0.1, 0.15) is 6.67 Å². The van der Waals surface area contributed by atoms with Crippen molar-refractivity contribution in [1.29, 1.82) is 0 Å². The molecule has 1 aliphatic rings. The second-order valence-electron chi connectivity index (χ2n) is 2.03. The predicted molar refractivity (Wildman–Crippen MR) is 46.5 cm³/mol. The van der Waals surface area contributed by atoms with Crippen LogP contribution in [0.1, 0.15) is 6.92 Å². The fourth-order valence-electron chi connectivity index (χ4n) is 0.699. The fourth-order valence-corrected chi connectivity index (χ4v) is 1.16. The van der Waals surface area contributed by atoms with E-state index in [1.165, 1.54) is 0 Å². The van der Waals surface area contributed by atoms with Gasteiger partial charge in [-0.2, -0.15) is 5.10 Å². The van der Waals surface area contributed by atoms with Crippen LogP contribution in [0.25, 0.3) is 0 Å². The van der Waals surface area contributed by atoms with Crippen molar-refractivity contribution in [2.75, 3.05) is 20.3 Å². The van der Waals surface area contributed by atoms with E-state index in [4.69, 9.17) is 0 Å². The summed E-state index contributed by atoms with van der Waals surface area (Å²) < 4.78 is 1.08. The van der Waals surface area contributed by atoms with Crippen molar-refractivity contribution in [2.45, 2.75) is 6.92 Å². The molecular formula is C5H10IN3. The zero-order valence-electron chi connectivity index (χ0n) is 5.63. The molecule has 0 atom stereocenters. The van der Waals surface area contributed by atoms with E-state index in [1.807, 2.05) is 12.1 Å². The van der Waals surface area contributed by atoms with Crippen LogP contribution in [0.5, 0.6) is 0 Å². The van der Waals surface area contributed by atoms with Crippen LogP contribution in [0.4, 0.5) is 0 Å². The van der Waals surface area contributed by atoms with Crippen LogP contribution in [-0.2, 0) is 0 Å². The molecule has 0 aliphatic carbocycles. The van der Waals surface area contributed by atoms with Crippen LogP contribution in [0, 0.1) is 0 Å². The first-order valence-corrected chi connectivity index (χ1v) is 4.02. The number of hydrazone groups is 1. The minimum Gasteiger partial charge on any atom is -0.334 e. The summed E-state index contributed by atoms with van der Waals surface area (Å²) in [5.74, 6) is 0. The van der Waals surface area contributed by atoms with E-state index in [0.717, 1.165) is 17.1 Å². The zero-order chi connectivity index (χ0) is 6.85. The van der Waals surface area contributed by atoms with Crippen molar-refractivity contribution in [3.63, 3.8) is 0 Å². The zero-order valence-corrected chi connectivity index (χ0v) is 7.79. The first kappa shape index (κ1) is 7.11. The maximum Gasteiger partial charge on any atom is 0.187 e. The standard InChI is InChI=1S/C5H10IN3/c1-3-9-4-8(2)5(6)7-9/h3-4H2,1-2H3. The van der Waals surface area contributed by atoms with Gasteiger partial charge >= 0.3 is 0 Å². The SMILES string of the molecule is CCN1CN(C)C(I)=N1. The van der Waals surface area contributed by atoms with Gasteiger partial charge in [-0.05, 0) is 6.92 Å². The number of rotatable bonds is 1. The number of hydrogen-bond acceptors (Lipinski definition) is 3. The van der Waals surface area contributed by atoms with E-state index >= 15 is 0 Å². The molecule has 0 aromatic carbocycles. The Bertz CT molecular complexity index is 134. The minimum absolute atomic E-state index is 0.939. The molecule has 1 heterocycles. The van der Waals surface area contributed by atoms with E-state index in [-0.39, 0.29) is 0 Å². The quantitative estimate of drug-likeness (QED) is 0.500. The van der Waals surface area contributed by atoms with Gasteiger partial charge in [-0.15, -0.1) is 0 Å². The van der Waals surface area contributed by atoms with Gasteiger partial charge < -0.3 is 4.90 Å². The van der Waals surface area contributed by atoms with Crippen molar-refractivity contribution in [1.82, 2.24) is 9.91 Å². The van der Waals surface area contributed by atoms with E-state index in [9.17, 15) is 0 Å². The molecule has 0 aromatic rings. The third-order valence-corrected chi connectivity index (χ3v) is 2.32. The Morgan fingerprint density at radius 1 is 1.78 bits per heavy atom. The Kier molecular flexibility index (Phi) is 2.15. The van der Waals surface area contributed by atoms with Crippen molar-refractivity contribution in [3.8, 4) is 0 Å². The number of amidine groups is 1. The molecule has 3 nitrogen and oxygen atoms in total. The van der Waals surface area contributed by atoms with Gasteiger partial charge in [0.25, 0.3) is 0 Å². The molecule has 0 amide bonds. The highest BCUT2D eigenvalue weighted by Crippen LogP contribution is 2.08. The van der Waals surface area contributed by atoms with Gasteiger partial charge in [-0.25, -0.2) is 0 Å². The summed E-state index contributed by atoms with van der Waals surface area (Å²) >= 11 is 2.23. The lowest BCUT2D eigenvalue weighted by Gasteiger charge is -2.12. The fraction of sp³-hybridized carbons (Fsp3) is 0.800. The molecule has 0 saturated heterocycles. The van der Waals surface area contributed by atoms with E-state index in [1.54, 1.807) is 0 Å². The Balaban J connectivity index is 2.52. The van der Waals surface area contributed by atoms with E-state index < -0.39 is 0 Å². The lowest BCUT2D eigenvalue weighted by atomic mass is 10.7. The monoisotopic (exact) mass is 239 g/mol. The lowest BCUT2D eigenvalue weighted by Crippen LogP contribution is -2.24. The van der Waals surface area contributed by atoms with E-state index in [2.05, 4.69) is 39.5 Å². The third kappa shape index (κ3) is 1.47. The summed E-state index contributed by atoms with van der Waals surface area (Å²) in [5, 5.41) is 6.28. The maximum absolute atomic E-state index is 4.25. The lowest BCUT2D eigenvalue weighted by molar-refractivity contribution is 0.265. The second-order valence-corrected chi connectivity index (χ2v) is 3.00. The van der Waals surface area contributed by atoms with Gasteiger partial charge in [0.2, 0.25) is 0 Å². The van der Waals surface area contributed by atoms with Crippen LogP contribution < -0.4 is 0 Å². The Morgan fingerprint density at radius 2 is 2.44 bits per heavy atom. The Morgan fingerprint density at radius 3 is 2.67 bits per heavy atom. The summed E-state index contributed by atoms with van der Waals surface area (Å²) in [7, 11) is 2.04.